The van der Waals surface area contributed by atoms with Crippen molar-refractivity contribution in [2.24, 2.45) is 0 Å². The zero-order valence-corrected chi connectivity index (χ0v) is 18.7. The highest BCUT2D eigenvalue weighted by Gasteiger charge is 2.51. The smallest absolute Gasteiger partial charge is 0.265 e. The second-order valence-electron chi connectivity index (χ2n) is 9.46. The van der Waals surface area contributed by atoms with Crippen LogP contribution in [0.15, 0.2) is 42.5 Å². The van der Waals surface area contributed by atoms with Gasteiger partial charge in [-0.15, -0.1) is 0 Å². The number of anilines is 1. The van der Waals surface area contributed by atoms with E-state index in [0.717, 1.165) is 45.4 Å². The first kappa shape index (κ1) is 21.3. The van der Waals surface area contributed by atoms with Crippen molar-refractivity contribution in [3.05, 3.63) is 64.7 Å². The third-order valence-corrected chi connectivity index (χ3v) is 7.26. The standard InChI is InChI=1S/C26H31N3O3/c1-27-12-14-28(15-13-27)18-29-23-9-5-4-8-22(23)26(32,25(29)31)17-24(30)21-11-10-19-6-2-3-7-20(19)16-21/h4-5,8-11,16,32H,2-3,6-7,12-15,17-18H2,1H3/t26-/m0/s1. The lowest BCUT2D eigenvalue weighted by molar-refractivity contribution is -0.136. The highest BCUT2D eigenvalue weighted by Crippen LogP contribution is 2.43. The molecular weight excluding hydrogens is 402 g/mol. The lowest BCUT2D eigenvalue weighted by Crippen LogP contribution is -2.51. The van der Waals surface area contributed by atoms with Gasteiger partial charge in [-0.25, -0.2) is 0 Å². The molecule has 3 aliphatic rings. The first-order chi connectivity index (χ1) is 15.5. The molecule has 0 aromatic heterocycles. The number of carbonyl (C=O) groups is 2. The lowest BCUT2D eigenvalue weighted by Gasteiger charge is -2.35. The van der Waals surface area contributed by atoms with Crippen LogP contribution in [0.3, 0.4) is 0 Å². The Kier molecular flexibility index (Phi) is 5.61. The molecule has 0 bridgehead atoms. The molecule has 1 atom stereocenters. The van der Waals surface area contributed by atoms with Gasteiger partial charge in [0.15, 0.2) is 11.4 Å². The molecular formula is C26H31N3O3. The molecule has 1 N–H and O–H groups in total. The summed E-state index contributed by atoms with van der Waals surface area (Å²) in [6, 6.07) is 13.2. The predicted molar refractivity (Wildman–Crippen MR) is 124 cm³/mol. The summed E-state index contributed by atoms with van der Waals surface area (Å²) in [7, 11) is 2.10. The van der Waals surface area contributed by atoms with E-state index in [9.17, 15) is 14.7 Å². The molecule has 32 heavy (non-hydrogen) atoms. The van der Waals surface area contributed by atoms with E-state index < -0.39 is 11.5 Å². The molecule has 6 nitrogen and oxygen atoms in total. The summed E-state index contributed by atoms with van der Waals surface area (Å²) in [5.74, 6) is -0.589. The number of Topliss-reactive ketones (excluding diaryl/α,β-unsaturated/α-hetero) is 1. The summed E-state index contributed by atoms with van der Waals surface area (Å²) in [6.07, 6.45) is 4.14. The van der Waals surface area contributed by atoms with E-state index in [1.807, 2.05) is 36.4 Å². The minimum absolute atomic E-state index is 0.189. The summed E-state index contributed by atoms with van der Waals surface area (Å²) >= 11 is 0. The van der Waals surface area contributed by atoms with Gasteiger partial charge in [-0.05, 0) is 56.0 Å². The highest BCUT2D eigenvalue weighted by atomic mass is 16.3. The average molecular weight is 434 g/mol. The number of piperazine rings is 1. The van der Waals surface area contributed by atoms with Gasteiger partial charge in [0.2, 0.25) is 0 Å². The van der Waals surface area contributed by atoms with Gasteiger partial charge < -0.3 is 10.0 Å². The van der Waals surface area contributed by atoms with Crippen LogP contribution in [0, 0.1) is 0 Å². The summed E-state index contributed by atoms with van der Waals surface area (Å²) in [5, 5.41) is 11.6. The number of ketones is 1. The number of amides is 1. The van der Waals surface area contributed by atoms with Crippen molar-refractivity contribution >= 4 is 17.4 Å². The Balaban J connectivity index is 1.39. The summed E-state index contributed by atoms with van der Waals surface area (Å²) in [4.78, 5) is 32.9. The van der Waals surface area contributed by atoms with Crippen molar-refractivity contribution in [1.82, 2.24) is 9.80 Å². The van der Waals surface area contributed by atoms with E-state index in [4.69, 9.17) is 0 Å². The molecule has 2 aromatic rings. The minimum atomic E-state index is -1.82. The number of hydrogen-bond acceptors (Lipinski definition) is 5. The SMILES string of the molecule is CN1CCN(CN2C(=O)[C@](O)(CC(=O)c3ccc4c(c3)CCCC4)c3ccccc32)CC1. The van der Waals surface area contributed by atoms with Crippen molar-refractivity contribution < 1.29 is 14.7 Å². The van der Waals surface area contributed by atoms with Gasteiger partial charge in [-0.2, -0.15) is 0 Å². The van der Waals surface area contributed by atoms with E-state index in [1.54, 1.807) is 11.0 Å². The van der Waals surface area contributed by atoms with Crippen molar-refractivity contribution in [3.8, 4) is 0 Å². The van der Waals surface area contributed by atoms with Crippen LogP contribution in [0.1, 0.15) is 46.3 Å². The topological polar surface area (TPSA) is 64.1 Å². The van der Waals surface area contributed by atoms with E-state index >= 15 is 0 Å². The number of rotatable bonds is 5. The Bertz CT molecular complexity index is 1040. The van der Waals surface area contributed by atoms with Crippen LogP contribution in [0.2, 0.25) is 0 Å². The number of aryl methyl sites for hydroxylation is 2. The van der Waals surface area contributed by atoms with Gasteiger partial charge in [-0.1, -0.05) is 30.3 Å². The molecule has 1 saturated heterocycles. The number of hydrogen-bond donors (Lipinski definition) is 1. The second kappa shape index (κ2) is 8.43. The highest BCUT2D eigenvalue weighted by molar-refractivity contribution is 6.10. The zero-order chi connectivity index (χ0) is 22.3. The van der Waals surface area contributed by atoms with Gasteiger partial charge in [0, 0.05) is 37.3 Å². The predicted octanol–water partition coefficient (Wildman–Crippen LogP) is 2.58. The van der Waals surface area contributed by atoms with Crippen LogP contribution in [0.4, 0.5) is 5.69 Å². The normalized spacial score (nSPS) is 23.8. The quantitative estimate of drug-likeness (QED) is 0.735. The van der Waals surface area contributed by atoms with E-state index in [-0.39, 0.29) is 12.2 Å². The third-order valence-electron chi connectivity index (χ3n) is 7.26. The molecule has 0 radical (unpaired) electrons. The van der Waals surface area contributed by atoms with Crippen molar-refractivity contribution in [2.75, 3.05) is 44.8 Å². The molecule has 0 saturated carbocycles. The van der Waals surface area contributed by atoms with Gasteiger partial charge in [0.05, 0.1) is 18.8 Å². The molecule has 6 heteroatoms. The van der Waals surface area contributed by atoms with Crippen molar-refractivity contribution in [2.45, 2.75) is 37.7 Å². The first-order valence-corrected chi connectivity index (χ1v) is 11.7. The van der Waals surface area contributed by atoms with Gasteiger partial charge in [-0.3, -0.25) is 19.4 Å². The van der Waals surface area contributed by atoms with Crippen LogP contribution in [-0.4, -0.2) is 66.5 Å². The first-order valence-electron chi connectivity index (χ1n) is 11.7. The Labute approximate surface area is 189 Å². The molecule has 1 amide bonds. The molecule has 2 aromatic carbocycles. The number of nitrogens with zero attached hydrogens (tertiary/aromatic N) is 3. The van der Waals surface area contributed by atoms with E-state index in [0.29, 0.717) is 23.5 Å². The van der Waals surface area contributed by atoms with Crippen molar-refractivity contribution in [3.63, 3.8) is 0 Å². The number of aliphatic hydroxyl groups is 1. The molecule has 1 fully saturated rings. The number of para-hydroxylation sites is 1. The summed E-state index contributed by atoms with van der Waals surface area (Å²) in [6.45, 7) is 4.07. The largest absolute Gasteiger partial charge is 0.375 e. The molecule has 0 unspecified atom stereocenters. The minimum Gasteiger partial charge on any atom is -0.375 e. The van der Waals surface area contributed by atoms with Crippen LogP contribution in [0.5, 0.6) is 0 Å². The molecule has 168 valence electrons. The molecule has 0 spiro atoms. The Hall–Kier alpha value is -2.54. The van der Waals surface area contributed by atoms with Crippen LogP contribution >= 0.6 is 0 Å². The Morgan fingerprint density at radius 3 is 2.50 bits per heavy atom. The van der Waals surface area contributed by atoms with Crippen LogP contribution in [0.25, 0.3) is 0 Å². The Morgan fingerprint density at radius 2 is 1.72 bits per heavy atom. The van der Waals surface area contributed by atoms with Gasteiger partial charge >= 0.3 is 0 Å². The number of fused-ring (bicyclic) bond motifs is 2. The number of likely N-dealkylation sites (N-methyl/N-ethyl adjacent to an activating group) is 1. The second-order valence-corrected chi connectivity index (χ2v) is 9.46. The molecule has 2 heterocycles. The third kappa shape index (κ3) is 3.76. The number of carbonyl (C=O) groups excluding carboxylic acids is 2. The average Bonchev–Trinajstić information content (AvgIpc) is 3.02. The Morgan fingerprint density at radius 1 is 1.00 bits per heavy atom. The molecule has 5 rings (SSSR count). The maximum atomic E-state index is 13.5. The maximum Gasteiger partial charge on any atom is 0.265 e. The van der Waals surface area contributed by atoms with Crippen LogP contribution < -0.4 is 4.90 Å². The zero-order valence-electron chi connectivity index (χ0n) is 18.7. The van der Waals surface area contributed by atoms with Gasteiger partial charge in [0.25, 0.3) is 5.91 Å². The fraction of sp³-hybridized carbons (Fsp3) is 0.462. The van der Waals surface area contributed by atoms with E-state index in [2.05, 4.69) is 16.8 Å². The van der Waals surface area contributed by atoms with E-state index in [1.165, 1.54) is 17.5 Å². The fourth-order valence-corrected chi connectivity index (χ4v) is 5.25. The molecule has 2 aliphatic heterocycles. The monoisotopic (exact) mass is 433 g/mol. The lowest BCUT2D eigenvalue weighted by atomic mass is 9.85. The summed E-state index contributed by atoms with van der Waals surface area (Å²) in [5.41, 5.74) is 2.54. The summed E-state index contributed by atoms with van der Waals surface area (Å²) < 4.78 is 0. The number of benzene rings is 2. The maximum absolute atomic E-state index is 13.5. The molecule has 1 aliphatic carbocycles. The fourth-order valence-electron chi connectivity index (χ4n) is 5.25. The van der Waals surface area contributed by atoms with Crippen molar-refractivity contribution in [1.29, 1.82) is 0 Å². The van der Waals surface area contributed by atoms with Crippen LogP contribution in [-0.2, 0) is 23.2 Å². The van der Waals surface area contributed by atoms with Gasteiger partial charge in [0.1, 0.15) is 0 Å².